The molecule has 0 unspecified atom stereocenters. The van der Waals surface area contributed by atoms with E-state index in [0.717, 1.165) is 33.5 Å². The van der Waals surface area contributed by atoms with Crippen molar-refractivity contribution in [3.63, 3.8) is 0 Å². The number of nitrogens with one attached hydrogen (secondary N) is 1. The second kappa shape index (κ2) is 8.86. The van der Waals surface area contributed by atoms with E-state index in [1.807, 2.05) is 49.4 Å². The van der Waals surface area contributed by atoms with Gasteiger partial charge in [-0.15, -0.1) is 0 Å². The van der Waals surface area contributed by atoms with Gasteiger partial charge in [-0.1, -0.05) is 60.7 Å². The van der Waals surface area contributed by atoms with E-state index in [-0.39, 0.29) is 12.5 Å². The van der Waals surface area contributed by atoms with Gasteiger partial charge in [-0.2, -0.15) is 0 Å². The second-order valence-corrected chi connectivity index (χ2v) is 9.16. The summed E-state index contributed by atoms with van der Waals surface area (Å²) in [5, 5.41) is 12.7. The Balaban J connectivity index is 1.25. The van der Waals surface area contributed by atoms with Crippen LogP contribution in [0, 0.1) is 6.92 Å². The van der Waals surface area contributed by atoms with E-state index in [1.165, 1.54) is 0 Å². The van der Waals surface area contributed by atoms with Crippen LogP contribution < -0.4 is 10.2 Å². The van der Waals surface area contributed by atoms with E-state index in [2.05, 4.69) is 40.5 Å². The Morgan fingerprint density at radius 1 is 0.971 bits per heavy atom. The van der Waals surface area contributed by atoms with Crippen molar-refractivity contribution in [3.8, 4) is 11.1 Å². The van der Waals surface area contributed by atoms with Gasteiger partial charge in [0, 0.05) is 24.7 Å². The summed E-state index contributed by atoms with van der Waals surface area (Å²) < 4.78 is 5.62. The smallest absolute Gasteiger partial charge is 0.408 e. The second-order valence-electron chi connectivity index (χ2n) is 9.16. The molecule has 0 aromatic heterocycles. The van der Waals surface area contributed by atoms with Crippen molar-refractivity contribution in [1.82, 2.24) is 5.32 Å². The molecule has 3 aromatic carbocycles. The highest BCUT2D eigenvalue weighted by Crippen LogP contribution is 2.44. The number of amides is 1. The molecule has 174 valence electrons. The number of carboxylic acids is 1. The van der Waals surface area contributed by atoms with Crippen molar-refractivity contribution in [3.05, 3.63) is 89.5 Å². The number of piperidine rings is 1. The van der Waals surface area contributed by atoms with E-state index in [1.54, 1.807) is 0 Å². The normalized spacial score (nSPS) is 16.4. The van der Waals surface area contributed by atoms with Gasteiger partial charge in [0.05, 0.1) is 0 Å². The third-order valence-corrected chi connectivity index (χ3v) is 7.08. The van der Waals surface area contributed by atoms with Gasteiger partial charge in [0.2, 0.25) is 0 Å². The van der Waals surface area contributed by atoms with Crippen LogP contribution in [0.5, 0.6) is 0 Å². The van der Waals surface area contributed by atoms with Crippen molar-refractivity contribution in [2.45, 2.75) is 31.2 Å². The minimum Gasteiger partial charge on any atom is -0.480 e. The van der Waals surface area contributed by atoms with Crippen molar-refractivity contribution in [1.29, 1.82) is 0 Å². The highest BCUT2D eigenvalue weighted by molar-refractivity contribution is 5.85. The Hall–Kier alpha value is -3.80. The zero-order valence-electron chi connectivity index (χ0n) is 19.2. The summed E-state index contributed by atoms with van der Waals surface area (Å²) >= 11 is 0. The number of aliphatic carboxylic acids is 1. The molecule has 1 aliphatic heterocycles. The number of carboxylic acid groups (broad SMARTS) is 1. The summed E-state index contributed by atoms with van der Waals surface area (Å²) in [6.45, 7) is 3.28. The molecule has 0 bridgehead atoms. The van der Waals surface area contributed by atoms with Crippen LogP contribution in [0.1, 0.15) is 35.4 Å². The van der Waals surface area contributed by atoms with Gasteiger partial charge < -0.3 is 20.1 Å². The number of carbonyl (C=O) groups excluding carboxylic acids is 1. The molecule has 1 amide bonds. The number of alkyl carbamates (subject to hydrolysis) is 1. The van der Waals surface area contributed by atoms with Gasteiger partial charge in [-0.25, -0.2) is 9.59 Å². The summed E-state index contributed by atoms with van der Waals surface area (Å²) in [4.78, 5) is 27.2. The molecule has 1 fully saturated rings. The fourth-order valence-corrected chi connectivity index (χ4v) is 5.19. The van der Waals surface area contributed by atoms with E-state index >= 15 is 0 Å². The summed E-state index contributed by atoms with van der Waals surface area (Å²) in [7, 11) is 0. The highest BCUT2D eigenvalue weighted by Gasteiger charge is 2.43. The Labute approximate surface area is 199 Å². The van der Waals surface area contributed by atoms with E-state index in [9.17, 15) is 14.7 Å². The predicted octanol–water partition coefficient (Wildman–Crippen LogP) is 4.96. The summed E-state index contributed by atoms with van der Waals surface area (Å²) in [5.41, 5.74) is 5.44. The van der Waals surface area contributed by atoms with Gasteiger partial charge >= 0.3 is 12.1 Å². The molecule has 0 atom stereocenters. The monoisotopic (exact) mass is 456 g/mol. The molecule has 1 saturated heterocycles. The van der Waals surface area contributed by atoms with Gasteiger partial charge in [-0.05, 0) is 59.7 Å². The van der Waals surface area contributed by atoms with Gasteiger partial charge in [0.15, 0.2) is 0 Å². The summed E-state index contributed by atoms with van der Waals surface area (Å²) in [6, 6.07) is 24.4. The van der Waals surface area contributed by atoms with E-state index in [0.29, 0.717) is 25.9 Å². The maximum atomic E-state index is 12.8. The quantitative estimate of drug-likeness (QED) is 0.568. The standard InChI is InChI=1S/C28H28N2O4/c1-19-7-6-8-20(17-19)30-15-13-28(14-16-30,26(31)32)29-27(33)34-18-25-23-11-4-2-9-21(23)22-10-3-5-12-24(22)25/h2-12,17,25H,13-16,18H2,1H3,(H,29,33)(H,31,32). The zero-order chi connectivity index (χ0) is 23.7. The third-order valence-electron chi connectivity index (χ3n) is 7.08. The first-order valence-electron chi connectivity index (χ1n) is 11.6. The lowest BCUT2D eigenvalue weighted by Gasteiger charge is -2.40. The van der Waals surface area contributed by atoms with Crippen molar-refractivity contribution < 1.29 is 19.4 Å². The zero-order valence-corrected chi connectivity index (χ0v) is 19.2. The van der Waals surface area contributed by atoms with Crippen LogP contribution in [0.15, 0.2) is 72.8 Å². The largest absolute Gasteiger partial charge is 0.480 e. The number of rotatable bonds is 5. The minimum atomic E-state index is -1.33. The molecule has 2 aliphatic rings. The Morgan fingerprint density at radius 2 is 1.59 bits per heavy atom. The van der Waals surface area contributed by atoms with Crippen LogP contribution in [0.3, 0.4) is 0 Å². The number of fused-ring (bicyclic) bond motifs is 3. The van der Waals surface area contributed by atoms with Crippen LogP contribution in [0.4, 0.5) is 10.5 Å². The molecule has 3 aromatic rings. The van der Waals surface area contributed by atoms with Crippen molar-refractivity contribution in [2.24, 2.45) is 0 Å². The fourth-order valence-electron chi connectivity index (χ4n) is 5.19. The molecule has 0 spiro atoms. The number of anilines is 1. The lowest BCUT2D eigenvalue weighted by atomic mass is 9.87. The number of aryl methyl sites for hydroxylation is 1. The van der Waals surface area contributed by atoms with Crippen molar-refractivity contribution in [2.75, 3.05) is 24.6 Å². The van der Waals surface area contributed by atoms with Gasteiger partial charge in [0.1, 0.15) is 12.1 Å². The molecule has 6 nitrogen and oxygen atoms in total. The van der Waals surface area contributed by atoms with Crippen LogP contribution in [0.2, 0.25) is 0 Å². The number of benzene rings is 3. The average Bonchev–Trinajstić information content (AvgIpc) is 3.17. The van der Waals surface area contributed by atoms with Crippen LogP contribution >= 0.6 is 0 Å². The molecule has 1 aliphatic carbocycles. The van der Waals surface area contributed by atoms with Crippen molar-refractivity contribution >= 4 is 17.7 Å². The summed E-state index contributed by atoms with van der Waals surface area (Å²) in [6.07, 6.45) is -0.0747. The lowest BCUT2D eigenvalue weighted by Crippen LogP contribution is -2.60. The maximum Gasteiger partial charge on any atom is 0.408 e. The molecule has 0 radical (unpaired) electrons. The first kappa shape index (κ1) is 22.0. The minimum absolute atomic E-state index is 0.0675. The molecule has 6 heteroatoms. The first-order chi connectivity index (χ1) is 16.5. The Kier molecular flexibility index (Phi) is 5.74. The molecule has 34 heavy (non-hydrogen) atoms. The molecule has 2 N–H and O–H groups in total. The fraction of sp³-hybridized carbons (Fsp3) is 0.286. The SMILES string of the molecule is Cc1cccc(N2CCC(NC(=O)OCC3c4ccccc4-c4ccccc43)(C(=O)O)CC2)c1. The molecule has 0 saturated carbocycles. The highest BCUT2D eigenvalue weighted by atomic mass is 16.5. The van der Waals surface area contributed by atoms with Crippen LogP contribution in [0.25, 0.3) is 11.1 Å². The topological polar surface area (TPSA) is 78.9 Å². The third kappa shape index (κ3) is 4.00. The van der Waals surface area contributed by atoms with Crippen LogP contribution in [-0.4, -0.2) is 42.4 Å². The Morgan fingerprint density at radius 3 is 2.18 bits per heavy atom. The molecule has 5 rings (SSSR count). The van der Waals surface area contributed by atoms with Gasteiger partial charge in [0.25, 0.3) is 0 Å². The molecular weight excluding hydrogens is 428 g/mol. The lowest BCUT2D eigenvalue weighted by molar-refractivity contribution is -0.145. The van der Waals surface area contributed by atoms with E-state index < -0.39 is 17.6 Å². The number of ether oxygens (including phenoxy) is 1. The number of nitrogens with zero attached hydrogens (tertiary/aromatic N) is 1. The van der Waals surface area contributed by atoms with Gasteiger partial charge in [-0.3, -0.25) is 0 Å². The Bertz CT molecular complexity index is 1180. The predicted molar refractivity (Wildman–Crippen MR) is 131 cm³/mol. The first-order valence-corrected chi connectivity index (χ1v) is 11.6. The number of carbonyl (C=O) groups is 2. The summed E-state index contributed by atoms with van der Waals surface area (Å²) in [5.74, 6) is -1.09. The van der Waals surface area contributed by atoms with E-state index in [4.69, 9.17) is 4.74 Å². The average molecular weight is 457 g/mol. The molecule has 1 heterocycles. The molecular formula is C28H28N2O4. The number of hydrogen-bond acceptors (Lipinski definition) is 4. The maximum absolute atomic E-state index is 12.8. The van der Waals surface area contributed by atoms with Crippen LogP contribution in [-0.2, 0) is 9.53 Å². The number of hydrogen-bond donors (Lipinski definition) is 2.